The quantitative estimate of drug-likeness (QED) is 0.210. The number of imidazole rings is 1. The second kappa shape index (κ2) is 11.0. The highest BCUT2D eigenvalue weighted by Crippen LogP contribution is 2.35. The van der Waals surface area contributed by atoms with Gasteiger partial charge in [0.1, 0.15) is 23.5 Å². The average Bonchev–Trinajstić information content (AvgIpc) is 3.65. The molecule has 0 aliphatic heterocycles. The third-order valence-corrected chi connectivity index (χ3v) is 7.75. The van der Waals surface area contributed by atoms with Gasteiger partial charge >= 0.3 is 0 Å². The summed E-state index contributed by atoms with van der Waals surface area (Å²) in [4.78, 5) is 8.55. The van der Waals surface area contributed by atoms with Crippen molar-refractivity contribution in [1.29, 1.82) is 10.5 Å². The molecule has 202 valence electrons. The van der Waals surface area contributed by atoms with Crippen LogP contribution in [0.5, 0.6) is 0 Å². The molecule has 0 fully saturated rings. The molecule has 0 aliphatic carbocycles. The van der Waals surface area contributed by atoms with Crippen LogP contribution in [0.2, 0.25) is 0 Å². The van der Waals surface area contributed by atoms with Gasteiger partial charge < -0.3 is 9.55 Å². The SMILES string of the molecule is N#CC(C#N)=C(c1ccccc1)c1ccc2nc(-c3cn(Cc4ccccc4)c4ccc(-c5ccccc5)cc34)[nH]c2c1. The van der Waals surface area contributed by atoms with Crippen molar-refractivity contribution in [3.63, 3.8) is 0 Å². The van der Waals surface area contributed by atoms with Crippen LogP contribution in [0.25, 0.3) is 50.0 Å². The molecule has 0 spiro atoms. The summed E-state index contributed by atoms with van der Waals surface area (Å²) in [7, 11) is 0. The van der Waals surface area contributed by atoms with Crippen LogP contribution < -0.4 is 0 Å². The normalized spacial score (nSPS) is 10.8. The fourth-order valence-electron chi connectivity index (χ4n) is 5.70. The summed E-state index contributed by atoms with van der Waals surface area (Å²) < 4.78 is 2.27. The predicted molar refractivity (Wildman–Crippen MR) is 172 cm³/mol. The molecule has 0 atom stereocenters. The van der Waals surface area contributed by atoms with Gasteiger partial charge in [0.2, 0.25) is 0 Å². The van der Waals surface area contributed by atoms with E-state index in [4.69, 9.17) is 4.98 Å². The van der Waals surface area contributed by atoms with E-state index >= 15 is 0 Å². The van der Waals surface area contributed by atoms with E-state index in [1.807, 2.05) is 60.7 Å². The zero-order valence-corrected chi connectivity index (χ0v) is 23.2. The van der Waals surface area contributed by atoms with E-state index in [0.29, 0.717) is 5.57 Å². The summed E-state index contributed by atoms with van der Waals surface area (Å²) >= 11 is 0. The predicted octanol–water partition coefficient (Wildman–Crippen LogP) is 8.75. The topological polar surface area (TPSA) is 81.2 Å². The molecule has 0 amide bonds. The Bertz CT molecular complexity index is 2190. The van der Waals surface area contributed by atoms with E-state index in [2.05, 4.69) is 94.6 Å². The van der Waals surface area contributed by atoms with Crippen molar-refractivity contribution >= 4 is 27.5 Å². The number of aromatic nitrogens is 3. The number of rotatable bonds is 6. The highest BCUT2D eigenvalue weighted by molar-refractivity contribution is 5.99. The molecule has 7 rings (SSSR count). The standard InChI is InChI=1S/C38H25N5/c39-22-31(23-40)37(28-14-8-3-9-15-28)30-16-18-34-35(21-30)42-38(41-34)33-25-43(24-26-10-4-1-5-11-26)36-19-17-29(20-32(33)36)27-12-6-2-7-13-27/h1-21,25H,24H2,(H,41,42). The maximum atomic E-state index is 9.75. The Morgan fingerprint density at radius 3 is 2.12 bits per heavy atom. The summed E-state index contributed by atoms with van der Waals surface area (Å²) in [5.74, 6) is 0.764. The maximum absolute atomic E-state index is 9.75. The van der Waals surface area contributed by atoms with Crippen molar-refractivity contribution in [3.05, 3.63) is 156 Å². The van der Waals surface area contributed by atoms with E-state index in [9.17, 15) is 10.5 Å². The van der Waals surface area contributed by atoms with Crippen LogP contribution >= 0.6 is 0 Å². The molecule has 2 aromatic heterocycles. The van der Waals surface area contributed by atoms with Gasteiger partial charge in [-0.05, 0) is 52.1 Å². The second-order valence-electron chi connectivity index (χ2n) is 10.4. The molecule has 5 aromatic carbocycles. The van der Waals surface area contributed by atoms with Gasteiger partial charge in [-0.3, -0.25) is 0 Å². The monoisotopic (exact) mass is 551 g/mol. The summed E-state index contributed by atoms with van der Waals surface area (Å²) in [6.45, 7) is 0.739. The molecule has 7 aromatic rings. The first-order valence-electron chi connectivity index (χ1n) is 14.0. The van der Waals surface area contributed by atoms with Gasteiger partial charge in [0.05, 0.1) is 11.0 Å². The third-order valence-electron chi connectivity index (χ3n) is 7.75. The molecule has 5 nitrogen and oxygen atoms in total. The first kappa shape index (κ1) is 25.8. The van der Waals surface area contributed by atoms with E-state index in [1.165, 1.54) is 5.56 Å². The highest BCUT2D eigenvalue weighted by atomic mass is 15.0. The summed E-state index contributed by atoms with van der Waals surface area (Å²) in [5.41, 5.74) is 9.58. The molecule has 43 heavy (non-hydrogen) atoms. The maximum Gasteiger partial charge on any atom is 0.140 e. The number of allylic oxidation sites excluding steroid dienone is 1. The van der Waals surface area contributed by atoms with Gasteiger partial charge in [-0.25, -0.2) is 4.98 Å². The summed E-state index contributed by atoms with van der Waals surface area (Å²) in [5, 5.41) is 20.6. The number of nitrogens with one attached hydrogen (secondary N) is 1. The van der Waals surface area contributed by atoms with Crippen LogP contribution in [0.3, 0.4) is 0 Å². The molecule has 0 unspecified atom stereocenters. The zero-order chi connectivity index (χ0) is 29.2. The van der Waals surface area contributed by atoms with Gasteiger partial charge in [-0.15, -0.1) is 0 Å². The fraction of sp³-hybridized carbons (Fsp3) is 0.0263. The van der Waals surface area contributed by atoms with Gasteiger partial charge in [0.15, 0.2) is 0 Å². The van der Waals surface area contributed by atoms with Crippen molar-refractivity contribution in [2.24, 2.45) is 0 Å². The van der Waals surface area contributed by atoms with Gasteiger partial charge in [-0.2, -0.15) is 10.5 Å². The van der Waals surface area contributed by atoms with Crippen molar-refractivity contribution in [1.82, 2.24) is 14.5 Å². The Balaban J connectivity index is 1.38. The number of H-pyrrole nitrogens is 1. The molecular weight excluding hydrogens is 526 g/mol. The van der Waals surface area contributed by atoms with Crippen LogP contribution in [-0.4, -0.2) is 14.5 Å². The number of nitrogens with zero attached hydrogens (tertiary/aromatic N) is 4. The van der Waals surface area contributed by atoms with Gasteiger partial charge in [0, 0.05) is 34.8 Å². The number of hydrogen-bond donors (Lipinski definition) is 1. The Labute approximate surface area is 249 Å². The Hall–Kier alpha value is -6.17. The molecule has 0 bridgehead atoms. The van der Waals surface area contributed by atoms with Crippen LogP contribution in [0.4, 0.5) is 0 Å². The van der Waals surface area contributed by atoms with Crippen LogP contribution in [-0.2, 0) is 6.54 Å². The number of fused-ring (bicyclic) bond motifs is 2. The zero-order valence-electron chi connectivity index (χ0n) is 23.2. The fourth-order valence-corrected chi connectivity index (χ4v) is 5.70. The lowest BCUT2D eigenvalue weighted by molar-refractivity contribution is 0.837. The molecular formula is C38H25N5. The number of hydrogen-bond acceptors (Lipinski definition) is 3. The third kappa shape index (κ3) is 4.86. The molecule has 2 heterocycles. The number of nitriles is 2. The lowest BCUT2D eigenvalue weighted by Gasteiger charge is -2.08. The Kier molecular flexibility index (Phi) is 6.60. The minimum Gasteiger partial charge on any atom is -0.342 e. The molecule has 0 saturated heterocycles. The molecule has 0 saturated carbocycles. The van der Waals surface area contributed by atoms with E-state index in [1.54, 1.807) is 0 Å². The molecule has 1 N–H and O–H groups in total. The molecule has 5 heteroatoms. The van der Waals surface area contributed by atoms with Crippen molar-refractivity contribution in [3.8, 4) is 34.7 Å². The van der Waals surface area contributed by atoms with Crippen LogP contribution in [0.1, 0.15) is 16.7 Å². The lowest BCUT2D eigenvalue weighted by Crippen LogP contribution is -1.97. The van der Waals surface area contributed by atoms with Crippen LogP contribution in [0.15, 0.2) is 139 Å². The van der Waals surface area contributed by atoms with Crippen molar-refractivity contribution < 1.29 is 0 Å². The smallest absolute Gasteiger partial charge is 0.140 e. The highest BCUT2D eigenvalue weighted by Gasteiger charge is 2.17. The second-order valence-corrected chi connectivity index (χ2v) is 10.4. The van der Waals surface area contributed by atoms with Crippen molar-refractivity contribution in [2.45, 2.75) is 6.54 Å². The van der Waals surface area contributed by atoms with E-state index < -0.39 is 0 Å². The first-order chi connectivity index (χ1) is 21.2. The van der Waals surface area contributed by atoms with Crippen LogP contribution in [0, 0.1) is 22.7 Å². The Morgan fingerprint density at radius 1 is 0.698 bits per heavy atom. The number of aromatic amines is 1. The van der Waals surface area contributed by atoms with Crippen molar-refractivity contribution in [2.75, 3.05) is 0 Å². The Morgan fingerprint density at radius 2 is 1.40 bits per heavy atom. The summed E-state index contributed by atoms with van der Waals surface area (Å²) in [6, 6.07) is 47.0. The lowest BCUT2D eigenvalue weighted by atomic mass is 9.93. The molecule has 0 radical (unpaired) electrons. The largest absolute Gasteiger partial charge is 0.342 e. The first-order valence-corrected chi connectivity index (χ1v) is 14.0. The van der Waals surface area contributed by atoms with E-state index in [-0.39, 0.29) is 5.57 Å². The van der Waals surface area contributed by atoms with E-state index in [0.717, 1.165) is 62.1 Å². The minimum atomic E-state index is 0.0720. The average molecular weight is 552 g/mol. The van der Waals surface area contributed by atoms with Gasteiger partial charge in [0.25, 0.3) is 0 Å². The minimum absolute atomic E-state index is 0.0720. The van der Waals surface area contributed by atoms with Gasteiger partial charge in [-0.1, -0.05) is 103 Å². The molecule has 0 aliphatic rings. The number of benzene rings is 5. The summed E-state index contributed by atoms with van der Waals surface area (Å²) in [6.07, 6.45) is 2.17.